The van der Waals surface area contributed by atoms with Gasteiger partial charge in [0.1, 0.15) is 4.90 Å². The maximum absolute atomic E-state index is 12.1. The fourth-order valence-electron chi connectivity index (χ4n) is 2.54. The van der Waals surface area contributed by atoms with Crippen LogP contribution in [0.2, 0.25) is 0 Å². The Kier molecular flexibility index (Phi) is 4.27. The van der Waals surface area contributed by atoms with Crippen LogP contribution in [0.1, 0.15) is 39.5 Å². The van der Waals surface area contributed by atoms with Gasteiger partial charge in [0.15, 0.2) is 0 Å². The summed E-state index contributed by atoms with van der Waals surface area (Å²) in [6, 6.07) is -0.0754. The lowest BCUT2D eigenvalue weighted by atomic mass is 9.86. The summed E-state index contributed by atoms with van der Waals surface area (Å²) in [5.41, 5.74) is -0.193. The van der Waals surface area contributed by atoms with E-state index in [4.69, 9.17) is 4.74 Å². The lowest BCUT2D eigenvalue weighted by Gasteiger charge is -2.40. The highest BCUT2D eigenvalue weighted by atomic mass is 32.2. The van der Waals surface area contributed by atoms with E-state index in [9.17, 15) is 8.42 Å². The van der Waals surface area contributed by atoms with Crippen LogP contribution >= 0.6 is 0 Å². The summed E-state index contributed by atoms with van der Waals surface area (Å²) >= 11 is 0. The summed E-state index contributed by atoms with van der Waals surface area (Å²) in [6.07, 6.45) is 5.92. The Labute approximate surface area is 114 Å². The van der Waals surface area contributed by atoms with Crippen molar-refractivity contribution in [2.75, 3.05) is 6.61 Å². The molecule has 0 aromatic carbocycles. The average Bonchev–Trinajstić information content (AvgIpc) is 2.93. The smallest absolute Gasteiger partial charge is 0.243 e. The number of rotatable bonds is 5. The maximum atomic E-state index is 12.1. The van der Waals surface area contributed by atoms with Crippen molar-refractivity contribution in [3.05, 3.63) is 12.4 Å². The Bertz CT molecular complexity index is 494. The molecule has 0 radical (unpaired) electrons. The number of hydrogen-bond acceptors (Lipinski definition) is 4. The van der Waals surface area contributed by atoms with Gasteiger partial charge in [-0.2, -0.15) is 5.10 Å². The minimum Gasteiger partial charge on any atom is -0.375 e. The molecule has 2 heterocycles. The van der Waals surface area contributed by atoms with E-state index >= 15 is 0 Å². The Morgan fingerprint density at radius 2 is 2.26 bits per heavy atom. The summed E-state index contributed by atoms with van der Waals surface area (Å²) in [5, 5.41) is 6.19. The number of nitrogens with zero attached hydrogens (tertiary/aromatic N) is 1. The third-order valence-electron chi connectivity index (χ3n) is 3.89. The molecule has 0 amide bonds. The van der Waals surface area contributed by atoms with Gasteiger partial charge in [-0.15, -0.1) is 0 Å². The summed E-state index contributed by atoms with van der Waals surface area (Å²) in [6.45, 7) is 4.76. The first-order valence-electron chi connectivity index (χ1n) is 6.66. The van der Waals surface area contributed by atoms with Crippen LogP contribution in [0.5, 0.6) is 0 Å². The molecule has 19 heavy (non-hydrogen) atoms. The minimum absolute atomic E-state index is 0.0754. The van der Waals surface area contributed by atoms with Gasteiger partial charge >= 0.3 is 0 Å². The lowest BCUT2D eigenvalue weighted by Crippen LogP contribution is -2.48. The molecule has 1 atom stereocenters. The second-order valence-corrected chi connectivity index (χ2v) is 6.70. The molecule has 0 spiro atoms. The van der Waals surface area contributed by atoms with Crippen molar-refractivity contribution in [3.63, 3.8) is 0 Å². The van der Waals surface area contributed by atoms with Crippen LogP contribution in [0.15, 0.2) is 17.3 Å². The molecule has 0 bridgehead atoms. The number of aromatic amines is 1. The molecular weight excluding hydrogens is 266 g/mol. The molecule has 1 aliphatic heterocycles. The van der Waals surface area contributed by atoms with Crippen LogP contribution in [0.4, 0.5) is 0 Å². The first-order chi connectivity index (χ1) is 9.01. The molecule has 1 saturated heterocycles. The Morgan fingerprint density at radius 3 is 2.84 bits per heavy atom. The van der Waals surface area contributed by atoms with E-state index in [-0.39, 0.29) is 16.5 Å². The highest BCUT2D eigenvalue weighted by molar-refractivity contribution is 7.89. The molecule has 1 aromatic heterocycles. The normalized spacial score (nSPS) is 23.4. The Balaban J connectivity index is 2.07. The van der Waals surface area contributed by atoms with Gasteiger partial charge in [0, 0.05) is 18.8 Å². The second-order valence-electron chi connectivity index (χ2n) is 4.98. The van der Waals surface area contributed by atoms with Gasteiger partial charge in [-0.05, 0) is 25.7 Å². The highest BCUT2D eigenvalue weighted by Gasteiger charge is 2.36. The second kappa shape index (κ2) is 5.60. The van der Waals surface area contributed by atoms with Gasteiger partial charge in [0.05, 0.1) is 11.8 Å². The van der Waals surface area contributed by atoms with Crippen LogP contribution in [0.3, 0.4) is 0 Å². The van der Waals surface area contributed by atoms with Crippen LogP contribution in [-0.4, -0.2) is 36.9 Å². The predicted molar refractivity (Wildman–Crippen MR) is 71.2 cm³/mol. The van der Waals surface area contributed by atoms with Crippen molar-refractivity contribution in [1.29, 1.82) is 0 Å². The number of aromatic nitrogens is 2. The summed E-state index contributed by atoms with van der Waals surface area (Å²) < 4.78 is 32.9. The molecular formula is C12H21N3O3S. The summed E-state index contributed by atoms with van der Waals surface area (Å²) in [7, 11) is -3.48. The molecule has 108 valence electrons. The third-order valence-corrected chi connectivity index (χ3v) is 5.37. The van der Waals surface area contributed by atoms with Gasteiger partial charge in [0.25, 0.3) is 0 Å². The molecule has 0 saturated carbocycles. The van der Waals surface area contributed by atoms with E-state index in [0.717, 1.165) is 19.3 Å². The Morgan fingerprint density at radius 1 is 1.53 bits per heavy atom. The zero-order valence-electron chi connectivity index (χ0n) is 11.3. The molecule has 1 aromatic rings. The van der Waals surface area contributed by atoms with Crippen LogP contribution in [0.25, 0.3) is 0 Å². The molecule has 1 aliphatic rings. The summed E-state index contributed by atoms with van der Waals surface area (Å²) in [4.78, 5) is 0.178. The quantitative estimate of drug-likeness (QED) is 0.858. The molecule has 2 rings (SSSR count). The summed E-state index contributed by atoms with van der Waals surface area (Å²) in [5.74, 6) is 0. The van der Waals surface area contributed by atoms with Crippen LogP contribution in [0, 0.1) is 0 Å². The van der Waals surface area contributed by atoms with Crippen molar-refractivity contribution in [2.24, 2.45) is 0 Å². The van der Waals surface area contributed by atoms with Crippen molar-refractivity contribution in [2.45, 2.75) is 56.1 Å². The minimum atomic E-state index is -3.48. The van der Waals surface area contributed by atoms with Gasteiger partial charge < -0.3 is 4.74 Å². The number of H-pyrrole nitrogens is 1. The van der Waals surface area contributed by atoms with Crippen molar-refractivity contribution >= 4 is 10.0 Å². The zero-order chi connectivity index (χ0) is 13.9. The largest absolute Gasteiger partial charge is 0.375 e. The topological polar surface area (TPSA) is 84.1 Å². The van der Waals surface area contributed by atoms with Gasteiger partial charge in [-0.25, -0.2) is 13.1 Å². The van der Waals surface area contributed by atoms with Gasteiger partial charge in [-0.1, -0.05) is 13.8 Å². The molecule has 7 heteroatoms. The molecule has 0 aliphatic carbocycles. The molecule has 2 N–H and O–H groups in total. The van der Waals surface area contributed by atoms with Gasteiger partial charge in [-0.3, -0.25) is 5.10 Å². The number of hydrogen-bond donors (Lipinski definition) is 2. The van der Waals surface area contributed by atoms with Crippen LogP contribution < -0.4 is 4.72 Å². The molecule has 1 fully saturated rings. The van der Waals surface area contributed by atoms with E-state index < -0.39 is 10.0 Å². The van der Waals surface area contributed by atoms with Crippen molar-refractivity contribution < 1.29 is 13.2 Å². The van der Waals surface area contributed by atoms with Gasteiger partial charge in [0.2, 0.25) is 10.0 Å². The number of nitrogens with one attached hydrogen (secondary N) is 2. The number of ether oxygens (including phenoxy) is 1. The van der Waals surface area contributed by atoms with Crippen molar-refractivity contribution in [3.8, 4) is 0 Å². The van der Waals surface area contributed by atoms with E-state index in [1.165, 1.54) is 12.4 Å². The monoisotopic (exact) mass is 287 g/mol. The Hall–Kier alpha value is -0.920. The van der Waals surface area contributed by atoms with E-state index in [0.29, 0.717) is 13.0 Å². The zero-order valence-corrected chi connectivity index (χ0v) is 12.2. The van der Waals surface area contributed by atoms with E-state index in [1.54, 1.807) is 0 Å². The van der Waals surface area contributed by atoms with Crippen LogP contribution in [-0.2, 0) is 14.8 Å². The van der Waals surface area contributed by atoms with E-state index in [2.05, 4.69) is 28.8 Å². The van der Waals surface area contributed by atoms with Crippen molar-refractivity contribution in [1.82, 2.24) is 14.9 Å². The number of sulfonamides is 1. The first kappa shape index (κ1) is 14.5. The fourth-order valence-corrected chi connectivity index (χ4v) is 3.72. The van der Waals surface area contributed by atoms with E-state index in [1.807, 2.05) is 0 Å². The standard InChI is InChI=1S/C12H21N3O3S/c1-3-12(4-2)7-10(5-6-18-12)15-19(16,17)11-8-13-14-9-11/h8-10,15H,3-7H2,1-2H3,(H,13,14). The molecule has 6 nitrogen and oxygen atoms in total. The maximum Gasteiger partial charge on any atom is 0.243 e. The molecule has 1 unspecified atom stereocenters. The lowest BCUT2D eigenvalue weighted by molar-refractivity contribution is -0.0905. The SMILES string of the molecule is CCC1(CC)CC(NS(=O)(=O)c2cn[nH]c2)CCO1. The first-order valence-corrected chi connectivity index (χ1v) is 8.15. The third kappa shape index (κ3) is 3.16. The highest BCUT2D eigenvalue weighted by Crippen LogP contribution is 2.31. The predicted octanol–water partition coefficient (Wildman–Crippen LogP) is 1.43. The average molecular weight is 287 g/mol. The fraction of sp³-hybridized carbons (Fsp3) is 0.750.